The quantitative estimate of drug-likeness (QED) is 0.703. The van der Waals surface area contributed by atoms with Gasteiger partial charge in [-0.1, -0.05) is 30.3 Å². The molecule has 158 valence electrons. The number of likely N-dealkylation sites (tertiary alicyclic amines) is 1. The first kappa shape index (κ1) is 19.7. The lowest BCUT2D eigenvalue weighted by Gasteiger charge is -2.43. The van der Waals surface area contributed by atoms with Crippen molar-refractivity contribution in [2.75, 3.05) is 24.7 Å². The van der Waals surface area contributed by atoms with Gasteiger partial charge in [0.2, 0.25) is 5.91 Å². The van der Waals surface area contributed by atoms with Gasteiger partial charge in [0.15, 0.2) is 0 Å². The van der Waals surface area contributed by atoms with Crippen molar-refractivity contribution in [1.82, 2.24) is 15.2 Å². The zero-order chi connectivity index (χ0) is 21.3. The number of anilines is 1. The fraction of sp³-hybridized carbons (Fsp3) is 0.280. The molecular weight excluding hydrogens is 391 g/mol. The van der Waals surface area contributed by atoms with Crippen LogP contribution >= 0.6 is 0 Å². The predicted molar refractivity (Wildman–Crippen MR) is 119 cm³/mol. The number of carbonyl (C=O) groups excluding carboxylic acids is 1. The number of hydrogen-bond donors (Lipinski definition) is 1. The van der Waals surface area contributed by atoms with Crippen LogP contribution in [0.15, 0.2) is 72.9 Å². The Morgan fingerprint density at radius 3 is 2.48 bits per heavy atom. The molecule has 1 aromatic heterocycles. The molecular formula is C25H25FN4O. The van der Waals surface area contributed by atoms with E-state index < -0.39 is 5.54 Å². The molecule has 0 radical (unpaired) electrons. The first-order valence-electron chi connectivity index (χ1n) is 10.7. The number of pyridine rings is 1. The Hall–Kier alpha value is -3.25. The van der Waals surface area contributed by atoms with Crippen LogP contribution in [-0.2, 0) is 11.3 Å². The van der Waals surface area contributed by atoms with Crippen molar-refractivity contribution in [2.24, 2.45) is 0 Å². The van der Waals surface area contributed by atoms with E-state index in [1.165, 1.54) is 17.7 Å². The molecule has 2 aliphatic heterocycles. The Morgan fingerprint density at radius 1 is 1.00 bits per heavy atom. The number of piperidine rings is 1. The molecule has 2 aliphatic rings. The highest BCUT2D eigenvalue weighted by molar-refractivity contribution is 5.93. The van der Waals surface area contributed by atoms with Crippen molar-refractivity contribution in [3.63, 3.8) is 0 Å². The molecule has 31 heavy (non-hydrogen) atoms. The average Bonchev–Trinajstić information content (AvgIpc) is 3.12. The summed E-state index contributed by atoms with van der Waals surface area (Å²) in [7, 11) is 0. The molecule has 5 rings (SSSR count). The van der Waals surface area contributed by atoms with Gasteiger partial charge in [-0.2, -0.15) is 0 Å². The Morgan fingerprint density at radius 2 is 1.74 bits per heavy atom. The highest BCUT2D eigenvalue weighted by atomic mass is 19.1. The molecule has 3 heterocycles. The minimum absolute atomic E-state index is 0.0757. The summed E-state index contributed by atoms with van der Waals surface area (Å²) in [5.41, 5.74) is 3.64. The lowest BCUT2D eigenvalue weighted by molar-refractivity contribution is -0.125. The summed E-state index contributed by atoms with van der Waals surface area (Å²) in [6.45, 7) is 2.95. The molecule has 2 saturated heterocycles. The Kier molecular flexibility index (Phi) is 5.16. The number of aromatic nitrogens is 1. The van der Waals surface area contributed by atoms with Gasteiger partial charge in [0.25, 0.3) is 0 Å². The summed E-state index contributed by atoms with van der Waals surface area (Å²) in [5.74, 6) is -0.190. The first-order valence-corrected chi connectivity index (χ1v) is 10.7. The maximum Gasteiger partial charge on any atom is 0.247 e. The Labute approximate surface area is 181 Å². The number of benzene rings is 2. The fourth-order valence-corrected chi connectivity index (χ4v) is 4.72. The second-order valence-corrected chi connectivity index (χ2v) is 8.29. The summed E-state index contributed by atoms with van der Waals surface area (Å²) in [6, 6.07) is 20.8. The summed E-state index contributed by atoms with van der Waals surface area (Å²) in [6.07, 6.45) is 3.35. The minimum atomic E-state index is -0.554. The normalized spacial score (nSPS) is 18.4. The van der Waals surface area contributed by atoms with Gasteiger partial charge >= 0.3 is 0 Å². The SMILES string of the molecule is O=C1NCN(c2ccc(F)cc2)C12CCN(Cc1ccnc(-c3ccccc3)c1)CC2. The molecule has 1 amide bonds. The summed E-state index contributed by atoms with van der Waals surface area (Å²) < 4.78 is 13.4. The van der Waals surface area contributed by atoms with E-state index in [9.17, 15) is 9.18 Å². The van der Waals surface area contributed by atoms with Crippen LogP contribution in [0.25, 0.3) is 11.3 Å². The summed E-state index contributed by atoms with van der Waals surface area (Å²) >= 11 is 0. The van der Waals surface area contributed by atoms with Crippen molar-refractivity contribution in [2.45, 2.75) is 24.9 Å². The van der Waals surface area contributed by atoms with Crippen LogP contribution in [0.1, 0.15) is 18.4 Å². The third-order valence-electron chi connectivity index (χ3n) is 6.46. The number of nitrogens with zero attached hydrogens (tertiary/aromatic N) is 3. The van der Waals surface area contributed by atoms with Gasteiger partial charge < -0.3 is 10.2 Å². The maximum absolute atomic E-state index is 13.4. The molecule has 2 aromatic carbocycles. The first-order chi connectivity index (χ1) is 15.1. The van der Waals surface area contributed by atoms with Crippen LogP contribution in [0.5, 0.6) is 0 Å². The van der Waals surface area contributed by atoms with Gasteiger partial charge in [-0.25, -0.2) is 4.39 Å². The van der Waals surface area contributed by atoms with Gasteiger partial charge in [0, 0.05) is 37.1 Å². The van der Waals surface area contributed by atoms with E-state index in [1.54, 1.807) is 12.1 Å². The molecule has 3 aromatic rings. The van der Waals surface area contributed by atoms with E-state index in [-0.39, 0.29) is 11.7 Å². The van der Waals surface area contributed by atoms with Gasteiger partial charge in [0.05, 0.1) is 12.4 Å². The molecule has 6 heteroatoms. The molecule has 0 saturated carbocycles. The number of carbonyl (C=O) groups is 1. The van der Waals surface area contributed by atoms with Crippen LogP contribution in [-0.4, -0.2) is 41.1 Å². The standard InChI is InChI=1S/C25H25FN4O/c26-21-6-8-22(9-7-21)30-18-28-24(31)25(30)11-14-29(15-12-25)17-19-10-13-27-23(16-19)20-4-2-1-3-5-20/h1-10,13,16H,11-12,14-15,17-18H2,(H,28,31). The van der Waals surface area contributed by atoms with Gasteiger partial charge in [0.1, 0.15) is 11.4 Å². The summed E-state index contributed by atoms with van der Waals surface area (Å²) in [5, 5.41) is 3.00. The second kappa shape index (κ2) is 8.12. The third kappa shape index (κ3) is 3.79. The van der Waals surface area contributed by atoms with E-state index in [1.807, 2.05) is 24.4 Å². The van der Waals surface area contributed by atoms with Crippen LogP contribution in [0, 0.1) is 5.82 Å². The van der Waals surface area contributed by atoms with E-state index in [0.29, 0.717) is 6.67 Å². The third-order valence-corrected chi connectivity index (χ3v) is 6.46. The molecule has 0 atom stereocenters. The van der Waals surface area contributed by atoms with E-state index in [2.05, 4.69) is 44.4 Å². The minimum Gasteiger partial charge on any atom is -0.339 e. The molecule has 0 aliphatic carbocycles. The largest absolute Gasteiger partial charge is 0.339 e. The molecule has 5 nitrogen and oxygen atoms in total. The van der Waals surface area contributed by atoms with Crippen LogP contribution in [0.4, 0.5) is 10.1 Å². The lowest BCUT2D eigenvalue weighted by atomic mass is 9.85. The highest BCUT2D eigenvalue weighted by Crippen LogP contribution is 2.36. The Bertz CT molecular complexity index is 1060. The smallest absolute Gasteiger partial charge is 0.247 e. The van der Waals surface area contributed by atoms with Gasteiger partial charge in [-0.15, -0.1) is 0 Å². The fourth-order valence-electron chi connectivity index (χ4n) is 4.72. The monoisotopic (exact) mass is 416 g/mol. The number of rotatable bonds is 4. The molecule has 1 spiro atoms. The van der Waals surface area contributed by atoms with Crippen molar-refractivity contribution in [3.05, 3.63) is 84.3 Å². The van der Waals surface area contributed by atoms with Gasteiger partial charge in [-0.05, 0) is 54.8 Å². The lowest BCUT2D eigenvalue weighted by Crippen LogP contribution is -2.56. The van der Waals surface area contributed by atoms with Crippen LogP contribution in [0.3, 0.4) is 0 Å². The van der Waals surface area contributed by atoms with Gasteiger partial charge in [-0.3, -0.25) is 14.7 Å². The number of halogens is 1. The van der Waals surface area contributed by atoms with Crippen LogP contribution < -0.4 is 10.2 Å². The predicted octanol–water partition coefficient (Wildman–Crippen LogP) is 3.82. The zero-order valence-corrected chi connectivity index (χ0v) is 17.3. The summed E-state index contributed by atoms with van der Waals surface area (Å²) in [4.78, 5) is 21.8. The van der Waals surface area contributed by atoms with Crippen molar-refractivity contribution < 1.29 is 9.18 Å². The van der Waals surface area contributed by atoms with Crippen molar-refractivity contribution >= 4 is 11.6 Å². The Balaban J connectivity index is 1.29. The van der Waals surface area contributed by atoms with Crippen molar-refractivity contribution in [3.8, 4) is 11.3 Å². The van der Waals surface area contributed by atoms with E-state index in [0.717, 1.165) is 49.4 Å². The zero-order valence-electron chi connectivity index (χ0n) is 17.3. The number of nitrogens with one attached hydrogen (secondary N) is 1. The second-order valence-electron chi connectivity index (χ2n) is 8.29. The molecule has 0 bridgehead atoms. The molecule has 0 unspecified atom stereocenters. The maximum atomic E-state index is 13.4. The topological polar surface area (TPSA) is 48.5 Å². The number of amides is 1. The molecule has 2 fully saturated rings. The van der Waals surface area contributed by atoms with E-state index >= 15 is 0 Å². The average molecular weight is 417 g/mol. The van der Waals surface area contributed by atoms with Crippen LogP contribution in [0.2, 0.25) is 0 Å². The van der Waals surface area contributed by atoms with Crippen molar-refractivity contribution in [1.29, 1.82) is 0 Å². The molecule has 1 N–H and O–H groups in total. The highest BCUT2D eigenvalue weighted by Gasteiger charge is 2.50. The number of hydrogen-bond acceptors (Lipinski definition) is 4. The van der Waals surface area contributed by atoms with E-state index in [4.69, 9.17) is 0 Å².